The molecule has 152 valence electrons. The molecule has 2 amide bonds. The number of amides is 2. The van der Waals surface area contributed by atoms with Gasteiger partial charge in [0.2, 0.25) is 0 Å². The number of hydrazine groups is 1. The summed E-state index contributed by atoms with van der Waals surface area (Å²) >= 11 is 5.78. The van der Waals surface area contributed by atoms with Gasteiger partial charge < -0.3 is 5.32 Å². The first kappa shape index (κ1) is 19.5. The first-order valence-corrected chi connectivity index (χ1v) is 8.99. The molecule has 0 saturated heterocycles. The molecule has 1 aromatic heterocycles. The van der Waals surface area contributed by atoms with Crippen molar-refractivity contribution >= 4 is 41.3 Å². The Labute approximate surface area is 173 Å². The number of benzene rings is 2. The molecule has 8 nitrogen and oxygen atoms in total. The number of hydrogen-bond acceptors (Lipinski definition) is 5. The molecule has 11 heteroatoms. The van der Waals surface area contributed by atoms with E-state index in [0.29, 0.717) is 18.7 Å². The number of carbonyl (C=O) groups excluding carboxylic acids is 2. The maximum absolute atomic E-state index is 13.4. The number of nitrogens with one attached hydrogen (secondary N) is 3. The standard InChI is InChI=1S/C19H13ClF2N6O2/c20-12-6-14(22)13(21)5-11(12)18(29)24-17-7-16(25-26-17)19(30)27-28-8-10-3-1-2-4-15(10)23-9-28/h1-7,9H,8H2,(H,27,30)(H2,24,25,26,29). The van der Waals surface area contributed by atoms with Gasteiger partial charge in [0.05, 0.1) is 22.8 Å². The van der Waals surface area contributed by atoms with Crippen LogP contribution in [0.4, 0.5) is 20.3 Å². The third kappa shape index (κ3) is 3.98. The number of aromatic nitrogens is 2. The molecule has 0 spiro atoms. The fourth-order valence-corrected chi connectivity index (χ4v) is 3.00. The Morgan fingerprint density at radius 3 is 2.70 bits per heavy atom. The van der Waals surface area contributed by atoms with E-state index in [0.717, 1.165) is 11.3 Å². The van der Waals surface area contributed by atoms with Crippen molar-refractivity contribution in [1.82, 2.24) is 20.6 Å². The Kier molecular flexibility index (Phi) is 5.15. The van der Waals surface area contributed by atoms with Crippen LogP contribution in [-0.4, -0.2) is 33.4 Å². The molecule has 0 saturated carbocycles. The zero-order valence-electron chi connectivity index (χ0n) is 15.1. The second kappa shape index (κ2) is 7.91. The van der Waals surface area contributed by atoms with E-state index in [9.17, 15) is 18.4 Å². The van der Waals surface area contributed by atoms with Crippen LogP contribution in [0.3, 0.4) is 0 Å². The Balaban J connectivity index is 1.41. The summed E-state index contributed by atoms with van der Waals surface area (Å²) in [4.78, 5) is 28.9. The number of hydrogen-bond donors (Lipinski definition) is 3. The molecule has 1 aliphatic heterocycles. The number of aliphatic imine (C=N–C) groups is 1. The van der Waals surface area contributed by atoms with Gasteiger partial charge in [-0.15, -0.1) is 0 Å². The minimum atomic E-state index is -1.21. The summed E-state index contributed by atoms with van der Waals surface area (Å²) in [7, 11) is 0. The van der Waals surface area contributed by atoms with Gasteiger partial charge in [0.15, 0.2) is 17.5 Å². The summed E-state index contributed by atoms with van der Waals surface area (Å²) in [5.74, 6) is -3.70. The van der Waals surface area contributed by atoms with E-state index in [1.807, 2.05) is 24.3 Å². The molecule has 0 fully saturated rings. The van der Waals surface area contributed by atoms with Crippen LogP contribution in [0.15, 0.2) is 47.5 Å². The minimum absolute atomic E-state index is 0.00334. The molecular formula is C19H13ClF2N6O2. The average molecular weight is 431 g/mol. The van der Waals surface area contributed by atoms with E-state index in [2.05, 4.69) is 25.9 Å². The van der Waals surface area contributed by atoms with E-state index in [-0.39, 0.29) is 22.1 Å². The van der Waals surface area contributed by atoms with Gasteiger partial charge in [-0.3, -0.25) is 25.1 Å². The topological polar surface area (TPSA) is 102 Å². The van der Waals surface area contributed by atoms with Crippen molar-refractivity contribution in [2.24, 2.45) is 4.99 Å². The van der Waals surface area contributed by atoms with Gasteiger partial charge >= 0.3 is 0 Å². The van der Waals surface area contributed by atoms with Gasteiger partial charge in [-0.05, 0) is 23.8 Å². The zero-order chi connectivity index (χ0) is 21.3. The fraction of sp³-hybridized carbons (Fsp3) is 0.0526. The lowest BCUT2D eigenvalue weighted by Crippen LogP contribution is -2.41. The van der Waals surface area contributed by atoms with Crippen LogP contribution in [0.2, 0.25) is 5.02 Å². The highest BCUT2D eigenvalue weighted by molar-refractivity contribution is 6.34. The first-order chi connectivity index (χ1) is 14.4. The molecular weight excluding hydrogens is 418 g/mol. The highest BCUT2D eigenvalue weighted by Gasteiger charge is 2.19. The summed E-state index contributed by atoms with van der Waals surface area (Å²) in [5, 5.41) is 9.92. The minimum Gasteiger partial charge on any atom is -0.305 e. The third-order valence-corrected chi connectivity index (χ3v) is 4.55. The molecule has 0 radical (unpaired) electrons. The van der Waals surface area contributed by atoms with Gasteiger partial charge in [0, 0.05) is 6.07 Å². The summed E-state index contributed by atoms with van der Waals surface area (Å²) in [5.41, 5.74) is 4.21. The van der Waals surface area contributed by atoms with Crippen molar-refractivity contribution in [3.63, 3.8) is 0 Å². The molecule has 4 rings (SSSR count). The summed E-state index contributed by atoms with van der Waals surface area (Å²) in [6, 6.07) is 10.2. The number of para-hydroxylation sites is 1. The van der Waals surface area contributed by atoms with Crippen LogP contribution in [0.5, 0.6) is 0 Å². The summed E-state index contributed by atoms with van der Waals surface area (Å²) in [6.45, 7) is 0.428. The molecule has 3 N–H and O–H groups in total. The lowest BCUT2D eigenvalue weighted by Gasteiger charge is -2.24. The molecule has 0 aliphatic carbocycles. The second-order valence-electron chi connectivity index (χ2n) is 6.31. The molecule has 2 aromatic carbocycles. The molecule has 0 unspecified atom stereocenters. The highest BCUT2D eigenvalue weighted by Crippen LogP contribution is 2.23. The van der Waals surface area contributed by atoms with Crippen molar-refractivity contribution in [3.05, 3.63) is 75.9 Å². The molecule has 0 atom stereocenters. The lowest BCUT2D eigenvalue weighted by atomic mass is 10.1. The predicted octanol–water partition coefficient (Wildman–Crippen LogP) is 3.41. The van der Waals surface area contributed by atoms with Gasteiger partial charge in [0.25, 0.3) is 11.8 Å². The molecule has 2 heterocycles. The van der Waals surface area contributed by atoms with E-state index < -0.39 is 23.4 Å². The largest absolute Gasteiger partial charge is 0.305 e. The van der Waals surface area contributed by atoms with Crippen LogP contribution >= 0.6 is 11.6 Å². The van der Waals surface area contributed by atoms with Gasteiger partial charge in [0.1, 0.15) is 12.0 Å². The maximum Gasteiger partial charge on any atom is 0.287 e. The van der Waals surface area contributed by atoms with Crippen molar-refractivity contribution in [3.8, 4) is 0 Å². The number of H-pyrrole nitrogens is 1. The predicted molar refractivity (Wildman–Crippen MR) is 106 cm³/mol. The van der Waals surface area contributed by atoms with Crippen LogP contribution in [-0.2, 0) is 6.54 Å². The van der Waals surface area contributed by atoms with E-state index in [1.54, 1.807) is 0 Å². The van der Waals surface area contributed by atoms with Crippen LogP contribution in [0.25, 0.3) is 0 Å². The number of halogens is 3. The number of rotatable bonds is 4. The van der Waals surface area contributed by atoms with Crippen molar-refractivity contribution < 1.29 is 18.4 Å². The molecule has 30 heavy (non-hydrogen) atoms. The zero-order valence-corrected chi connectivity index (χ0v) is 15.9. The number of nitrogens with zero attached hydrogens (tertiary/aromatic N) is 3. The Morgan fingerprint density at radius 1 is 1.10 bits per heavy atom. The van der Waals surface area contributed by atoms with E-state index >= 15 is 0 Å². The normalized spacial score (nSPS) is 12.4. The fourth-order valence-electron chi connectivity index (χ4n) is 2.77. The highest BCUT2D eigenvalue weighted by atomic mass is 35.5. The van der Waals surface area contributed by atoms with Gasteiger partial charge in [-0.1, -0.05) is 29.8 Å². The SMILES string of the molecule is O=C(NN1C=Nc2ccccc2C1)c1cc(NC(=O)c2cc(F)c(F)cc2Cl)n[nH]1. The first-order valence-electron chi connectivity index (χ1n) is 8.62. The van der Waals surface area contributed by atoms with Crippen molar-refractivity contribution in [1.29, 1.82) is 0 Å². The van der Waals surface area contributed by atoms with Crippen LogP contribution < -0.4 is 10.7 Å². The number of anilines is 1. The van der Waals surface area contributed by atoms with Crippen molar-refractivity contribution in [2.45, 2.75) is 6.54 Å². The average Bonchev–Trinajstić information content (AvgIpc) is 3.19. The molecule has 0 bridgehead atoms. The van der Waals surface area contributed by atoms with Crippen LogP contribution in [0, 0.1) is 11.6 Å². The van der Waals surface area contributed by atoms with E-state index in [1.165, 1.54) is 17.4 Å². The quantitative estimate of drug-likeness (QED) is 0.552. The van der Waals surface area contributed by atoms with Gasteiger partial charge in [-0.2, -0.15) is 5.10 Å². The summed E-state index contributed by atoms with van der Waals surface area (Å²) in [6.07, 6.45) is 1.49. The second-order valence-corrected chi connectivity index (χ2v) is 6.72. The number of aromatic amines is 1. The lowest BCUT2D eigenvalue weighted by molar-refractivity contribution is 0.0862. The maximum atomic E-state index is 13.4. The number of fused-ring (bicyclic) bond motifs is 1. The smallest absolute Gasteiger partial charge is 0.287 e. The Bertz CT molecular complexity index is 1180. The Hall–Kier alpha value is -3.79. The summed E-state index contributed by atoms with van der Waals surface area (Å²) < 4.78 is 26.5. The van der Waals surface area contributed by atoms with Crippen LogP contribution in [0.1, 0.15) is 26.4 Å². The Morgan fingerprint density at radius 2 is 1.87 bits per heavy atom. The number of carbonyl (C=O) groups is 2. The third-order valence-electron chi connectivity index (χ3n) is 4.23. The van der Waals surface area contributed by atoms with Gasteiger partial charge in [-0.25, -0.2) is 13.8 Å². The van der Waals surface area contributed by atoms with Crippen molar-refractivity contribution in [2.75, 3.05) is 5.32 Å². The molecule has 3 aromatic rings. The molecule has 1 aliphatic rings. The monoisotopic (exact) mass is 430 g/mol. The van der Waals surface area contributed by atoms with E-state index in [4.69, 9.17) is 11.6 Å².